The molecule has 2 aliphatic heterocycles. The van der Waals surface area contributed by atoms with Crippen LogP contribution >= 0.6 is 0 Å². The second-order valence-corrected chi connectivity index (χ2v) is 9.05. The quantitative estimate of drug-likeness (QED) is 0.763. The maximum Gasteiger partial charge on any atom is 0.0350 e. The molecular formula is C18H34N2. The van der Waals surface area contributed by atoms with Crippen molar-refractivity contribution in [3.63, 3.8) is 0 Å². The summed E-state index contributed by atoms with van der Waals surface area (Å²) in [6.45, 7) is 17.4. The van der Waals surface area contributed by atoms with E-state index in [9.17, 15) is 0 Å². The zero-order valence-electron chi connectivity index (χ0n) is 14.2. The zero-order valence-corrected chi connectivity index (χ0v) is 14.2. The van der Waals surface area contributed by atoms with Gasteiger partial charge >= 0.3 is 0 Å². The highest BCUT2D eigenvalue weighted by Crippen LogP contribution is 2.46. The van der Waals surface area contributed by atoms with E-state index in [1.54, 1.807) is 0 Å². The van der Waals surface area contributed by atoms with E-state index < -0.39 is 0 Å². The van der Waals surface area contributed by atoms with Crippen molar-refractivity contribution in [1.29, 1.82) is 0 Å². The molecule has 20 heavy (non-hydrogen) atoms. The van der Waals surface area contributed by atoms with Crippen LogP contribution in [-0.4, -0.2) is 48.1 Å². The Hall–Kier alpha value is -0.0800. The molecule has 3 unspecified atom stereocenters. The second kappa shape index (κ2) is 5.28. The maximum absolute atomic E-state index is 2.83. The predicted octanol–water partition coefficient (Wildman–Crippen LogP) is 3.47. The van der Waals surface area contributed by atoms with Gasteiger partial charge < -0.3 is 0 Å². The molecular weight excluding hydrogens is 244 g/mol. The number of likely N-dealkylation sites (tertiary alicyclic amines) is 2. The molecule has 3 atom stereocenters. The fraction of sp³-hybridized carbons (Fsp3) is 1.00. The van der Waals surface area contributed by atoms with Crippen molar-refractivity contribution in [2.24, 2.45) is 23.2 Å². The smallest absolute Gasteiger partial charge is 0.0350 e. The molecule has 2 nitrogen and oxygen atoms in total. The first-order valence-corrected chi connectivity index (χ1v) is 8.82. The maximum atomic E-state index is 2.83. The zero-order chi connectivity index (χ0) is 14.5. The van der Waals surface area contributed by atoms with Crippen molar-refractivity contribution < 1.29 is 0 Å². The summed E-state index contributed by atoms with van der Waals surface area (Å²) < 4.78 is 0. The van der Waals surface area contributed by atoms with E-state index in [4.69, 9.17) is 0 Å². The lowest BCUT2D eigenvalue weighted by molar-refractivity contribution is 0.0229. The highest BCUT2D eigenvalue weighted by Gasteiger charge is 2.44. The van der Waals surface area contributed by atoms with Crippen LogP contribution in [0.3, 0.4) is 0 Å². The summed E-state index contributed by atoms with van der Waals surface area (Å²) >= 11 is 0. The van der Waals surface area contributed by atoms with Crippen LogP contribution in [-0.2, 0) is 0 Å². The Morgan fingerprint density at radius 2 is 1.55 bits per heavy atom. The Bertz CT molecular complexity index is 338. The van der Waals surface area contributed by atoms with Gasteiger partial charge in [0.25, 0.3) is 0 Å². The molecule has 0 radical (unpaired) electrons. The van der Waals surface area contributed by atoms with E-state index in [2.05, 4.69) is 44.4 Å². The van der Waals surface area contributed by atoms with Gasteiger partial charge in [-0.3, -0.25) is 9.80 Å². The van der Waals surface area contributed by atoms with Crippen LogP contribution in [0.4, 0.5) is 0 Å². The summed E-state index contributed by atoms with van der Waals surface area (Å²) in [7, 11) is 0. The molecule has 0 amide bonds. The Labute approximate surface area is 125 Å². The largest absolute Gasteiger partial charge is 0.298 e. The molecule has 2 heteroatoms. The number of hydrogen-bond donors (Lipinski definition) is 0. The number of rotatable bonds is 2. The Kier molecular flexibility index (Phi) is 3.92. The molecule has 3 aliphatic rings. The van der Waals surface area contributed by atoms with Gasteiger partial charge in [0, 0.05) is 38.3 Å². The van der Waals surface area contributed by atoms with Gasteiger partial charge in [0.15, 0.2) is 0 Å². The fourth-order valence-electron chi connectivity index (χ4n) is 4.69. The van der Waals surface area contributed by atoms with Crippen molar-refractivity contribution in [2.45, 2.75) is 66.0 Å². The summed E-state index contributed by atoms with van der Waals surface area (Å²) in [5, 5.41) is 0. The molecule has 3 fully saturated rings. The first kappa shape index (κ1) is 14.8. The minimum absolute atomic E-state index is 0.517. The van der Waals surface area contributed by atoms with Gasteiger partial charge in [-0.15, -0.1) is 0 Å². The van der Waals surface area contributed by atoms with Crippen LogP contribution < -0.4 is 0 Å². The summed E-state index contributed by atoms with van der Waals surface area (Å²) in [5.41, 5.74) is 0.517. The van der Waals surface area contributed by atoms with Crippen molar-refractivity contribution in [3.8, 4) is 0 Å². The minimum atomic E-state index is 0.517. The third kappa shape index (κ3) is 2.78. The molecule has 2 heterocycles. The van der Waals surface area contributed by atoms with Crippen LogP contribution in [0.5, 0.6) is 0 Å². The Morgan fingerprint density at radius 1 is 0.900 bits per heavy atom. The molecule has 116 valence electrons. The monoisotopic (exact) mass is 278 g/mol. The molecule has 2 saturated heterocycles. The van der Waals surface area contributed by atoms with Crippen LogP contribution in [0.2, 0.25) is 0 Å². The third-order valence-electron chi connectivity index (χ3n) is 6.44. The van der Waals surface area contributed by atoms with Crippen LogP contribution in [0.1, 0.15) is 53.9 Å². The lowest BCUT2D eigenvalue weighted by Gasteiger charge is -2.46. The summed E-state index contributed by atoms with van der Waals surface area (Å²) in [6.07, 6.45) is 4.45. The van der Waals surface area contributed by atoms with Crippen LogP contribution in [0, 0.1) is 23.2 Å². The van der Waals surface area contributed by atoms with Crippen molar-refractivity contribution >= 4 is 0 Å². The van der Waals surface area contributed by atoms with Gasteiger partial charge in [0.2, 0.25) is 0 Å². The SMILES string of the molecule is CC(C)N1CC(N2CC3CCC(C(C)(C)C)CC3C2)C1. The average molecular weight is 278 g/mol. The molecule has 0 aromatic rings. The molecule has 1 saturated carbocycles. The molecule has 3 rings (SSSR count). The lowest BCUT2D eigenvalue weighted by atomic mass is 9.66. The van der Waals surface area contributed by atoms with Crippen LogP contribution in [0.25, 0.3) is 0 Å². The van der Waals surface area contributed by atoms with Crippen molar-refractivity contribution in [1.82, 2.24) is 9.80 Å². The van der Waals surface area contributed by atoms with Gasteiger partial charge in [-0.05, 0) is 56.3 Å². The molecule has 0 N–H and O–H groups in total. The molecule has 0 spiro atoms. The standard InChI is InChI=1S/C18H34N2/c1-13(2)19-11-17(12-19)20-9-14-6-7-16(18(3,4)5)8-15(14)10-20/h13-17H,6-12H2,1-5H3. The summed E-state index contributed by atoms with van der Waals surface area (Å²) in [5.74, 6) is 2.97. The van der Waals surface area contributed by atoms with E-state index in [0.29, 0.717) is 5.41 Å². The third-order valence-corrected chi connectivity index (χ3v) is 6.44. The van der Waals surface area contributed by atoms with Gasteiger partial charge in [0.05, 0.1) is 0 Å². The fourth-order valence-corrected chi connectivity index (χ4v) is 4.69. The Morgan fingerprint density at radius 3 is 2.15 bits per heavy atom. The number of fused-ring (bicyclic) bond motifs is 1. The van der Waals surface area contributed by atoms with E-state index >= 15 is 0 Å². The van der Waals surface area contributed by atoms with E-state index in [1.807, 2.05) is 0 Å². The first-order chi connectivity index (χ1) is 9.34. The summed E-state index contributed by atoms with van der Waals surface area (Å²) in [4.78, 5) is 5.45. The van der Waals surface area contributed by atoms with Gasteiger partial charge in [0.1, 0.15) is 0 Å². The highest BCUT2D eigenvalue weighted by atomic mass is 15.3. The topological polar surface area (TPSA) is 6.48 Å². The molecule has 0 aromatic heterocycles. The van der Waals surface area contributed by atoms with Gasteiger partial charge in [-0.25, -0.2) is 0 Å². The normalized spacial score (nSPS) is 37.2. The van der Waals surface area contributed by atoms with Crippen LogP contribution in [0.15, 0.2) is 0 Å². The van der Waals surface area contributed by atoms with E-state index in [1.165, 1.54) is 45.4 Å². The van der Waals surface area contributed by atoms with E-state index in [-0.39, 0.29) is 0 Å². The average Bonchev–Trinajstić information content (AvgIpc) is 2.66. The second-order valence-electron chi connectivity index (χ2n) is 9.05. The molecule has 0 bridgehead atoms. The minimum Gasteiger partial charge on any atom is -0.298 e. The van der Waals surface area contributed by atoms with Crippen molar-refractivity contribution in [2.75, 3.05) is 26.2 Å². The Balaban J connectivity index is 1.53. The molecule has 0 aromatic carbocycles. The predicted molar refractivity (Wildman–Crippen MR) is 85.8 cm³/mol. The summed E-state index contributed by atoms with van der Waals surface area (Å²) in [6, 6.07) is 1.61. The highest BCUT2D eigenvalue weighted by molar-refractivity contribution is 4.98. The molecule has 1 aliphatic carbocycles. The van der Waals surface area contributed by atoms with E-state index in [0.717, 1.165) is 29.8 Å². The van der Waals surface area contributed by atoms with Crippen molar-refractivity contribution in [3.05, 3.63) is 0 Å². The first-order valence-electron chi connectivity index (χ1n) is 8.82. The number of hydrogen-bond acceptors (Lipinski definition) is 2. The lowest BCUT2D eigenvalue weighted by Crippen LogP contribution is -2.60. The van der Waals surface area contributed by atoms with Gasteiger partial charge in [-0.2, -0.15) is 0 Å². The number of nitrogens with zero attached hydrogens (tertiary/aromatic N) is 2. The van der Waals surface area contributed by atoms with Gasteiger partial charge in [-0.1, -0.05) is 20.8 Å².